The number of nitrogens with one attached hydrogen (secondary N) is 1. The highest BCUT2D eigenvalue weighted by molar-refractivity contribution is 14.0. The normalized spacial score (nSPS) is 11.1. The molecule has 0 atom stereocenters. The Morgan fingerprint density at radius 1 is 1.48 bits per heavy atom. The summed E-state index contributed by atoms with van der Waals surface area (Å²) >= 11 is 1.80. The molecule has 0 saturated heterocycles. The van der Waals surface area contributed by atoms with Crippen LogP contribution in [0.5, 0.6) is 0 Å². The zero-order valence-corrected chi connectivity index (χ0v) is 15.8. The lowest BCUT2D eigenvalue weighted by Gasteiger charge is -2.21. The Bertz CT molecular complexity index is 549. The zero-order chi connectivity index (χ0) is 14.4. The first kappa shape index (κ1) is 18.0. The molecule has 21 heavy (non-hydrogen) atoms. The highest BCUT2D eigenvalue weighted by atomic mass is 127. The first-order chi connectivity index (χ1) is 9.70. The summed E-state index contributed by atoms with van der Waals surface area (Å²) in [5.41, 5.74) is 1.14. The maximum atomic E-state index is 4.32. The molecule has 0 saturated carbocycles. The first-order valence-electron chi connectivity index (χ1n) is 6.61. The van der Waals surface area contributed by atoms with Crippen molar-refractivity contribution in [1.82, 2.24) is 20.0 Å². The number of aryl methyl sites for hydroxylation is 1. The van der Waals surface area contributed by atoms with Crippen LogP contribution in [0, 0.1) is 0 Å². The van der Waals surface area contributed by atoms with Crippen LogP contribution < -0.4 is 5.32 Å². The minimum absolute atomic E-state index is 0. The molecule has 0 aliphatic heterocycles. The average molecular weight is 419 g/mol. The van der Waals surface area contributed by atoms with E-state index in [1.54, 1.807) is 17.5 Å². The van der Waals surface area contributed by atoms with Crippen LogP contribution in [-0.4, -0.2) is 41.3 Å². The number of thiophene rings is 1. The highest BCUT2D eigenvalue weighted by Gasteiger charge is 2.07. The van der Waals surface area contributed by atoms with Crippen LogP contribution in [-0.2, 0) is 20.0 Å². The number of likely N-dealkylation sites (N-methyl/N-ethyl adjacent to an activating group) is 1. The van der Waals surface area contributed by atoms with E-state index in [2.05, 4.69) is 44.9 Å². The van der Waals surface area contributed by atoms with Crippen molar-refractivity contribution in [3.8, 4) is 0 Å². The SMILES string of the molecule is CN=C(NCc1ccnn1C)N(C)CCc1cccs1.I. The van der Waals surface area contributed by atoms with Gasteiger partial charge in [-0.25, -0.2) is 0 Å². The zero-order valence-electron chi connectivity index (χ0n) is 12.6. The van der Waals surface area contributed by atoms with Gasteiger partial charge in [-0.05, 0) is 23.9 Å². The van der Waals surface area contributed by atoms with Crippen LogP contribution in [0.1, 0.15) is 10.6 Å². The molecule has 0 aliphatic rings. The molecular formula is C14H22IN5S. The summed E-state index contributed by atoms with van der Waals surface area (Å²) in [6, 6.07) is 6.27. The fourth-order valence-corrected chi connectivity index (χ4v) is 2.67. The smallest absolute Gasteiger partial charge is 0.193 e. The highest BCUT2D eigenvalue weighted by Crippen LogP contribution is 2.09. The fraction of sp³-hybridized carbons (Fsp3) is 0.429. The van der Waals surface area contributed by atoms with E-state index in [9.17, 15) is 0 Å². The molecule has 0 aliphatic carbocycles. The fourth-order valence-electron chi connectivity index (χ4n) is 1.97. The molecule has 0 bridgehead atoms. The molecule has 2 aromatic heterocycles. The standard InChI is InChI=1S/C14H21N5S.HI/c1-15-14(16-11-12-6-8-17-19(12)3)18(2)9-7-13-5-4-10-20-13;/h4-6,8,10H,7,9,11H2,1-3H3,(H,15,16);1H. The van der Waals surface area contributed by atoms with Gasteiger partial charge < -0.3 is 10.2 Å². The molecule has 0 unspecified atom stereocenters. The Morgan fingerprint density at radius 3 is 2.86 bits per heavy atom. The molecule has 0 spiro atoms. The summed E-state index contributed by atoms with van der Waals surface area (Å²) in [5.74, 6) is 0.905. The largest absolute Gasteiger partial charge is 0.351 e. The quantitative estimate of drug-likeness (QED) is 0.460. The first-order valence-corrected chi connectivity index (χ1v) is 7.49. The van der Waals surface area contributed by atoms with Gasteiger partial charge >= 0.3 is 0 Å². The molecule has 7 heteroatoms. The third kappa shape index (κ3) is 5.31. The maximum absolute atomic E-state index is 4.32. The Labute approximate surface area is 147 Å². The average Bonchev–Trinajstić information content (AvgIpc) is 3.09. The molecular weight excluding hydrogens is 397 g/mol. The monoisotopic (exact) mass is 419 g/mol. The van der Waals surface area contributed by atoms with Gasteiger partial charge in [0.15, 0.2) is 5.96 Å². The summed E-state index contributed by atoms with van der Waals surface area (Å²) < 4.78 is 1.87. The number of rotatable bonds is 5. The summed E-state index contributed by atoms with van der Waals surface area (Å²) in [7, 11) is 5.82. The van der Waals surface area contributed by atoms with E-state index in [4.69, 9.17) is 0 Å². The predicted molar refractivity (Wildman–Crippen MR) is 99.5 cm³/mol. The number of aromatic nitrogens is 2. The number of aliphatic imine (C=N–C) groups is 1. The maximum Gasteiger partial charge on any atom is 0.193 e. The van der Waals surface area contributed by atoms with Crippen LogP contribution >= 0.6 is 35.3 Å². The Balaban J connectivity index is 0.00000220. The van der Waals surface area contributed by atoms with Crippen LogP contribution in [0.3, 0.4) is 0 Å². The predicted octanol–water partition coefficient (Wildman–Crippen LogP) is 2.35. The number of hydrogen-bond acceptors (Lipinski definition) is 3. The second-order valence-corrected chi connectivity index (χ2v) is 5.63. The minimum atomic E-state index is 0. The Morgan fingerprint density at radius 2 is 2.29 bits per heavy atom. The molecule has 116 valence electrons. The van der Waals surface area contributed by atoms with Gasteiger partial charge in [0, 0.05) is 38.8 Å². The number of guanidine groups is 1. The lowest BCUT2D eigenvalue weighted by molar-refractivity contribution is 0.484. The number of nitrogens with zero attached hydrogens (tertiary/aromatic N) is 4. The van der Waals surface area contributed by atoms with Crippen LogP contribution in [0.15, 0.2) is 34.8 Å². The number of hydrogen-bond donors (Lipinski definition) is 1. The van der Waals surface area contributed by atoms with E-state index >= 15 is 0 Å². The minimum Gasteiger partial charge on any atom is -0.351 e. The van der Waals surface area contributed by atoms with Gasteiger partial charge in [0.2, 0.25) is 0 Å². The molecule has 0 fully saturated rings. The second kappa shape index (κ2) is 9.04. The lowest BCUT2D eigenvalue weighted by Crippen LogP contribution is -2.39. The van der Waals surface area contributed by atoms with Crippen molar-refractivity contribution in [2.75, 3.05) is 20.6 Å². The molecule has 1 N–H and O–H groups in total. The Hall–Kier alpha value is -1.09. The van der Waals surface area contributed by atoms with E-state index < -0.39 is 0 Å². The van der Waals surface area contributed by atoms with Gasteiger partial charge in [-0.3, -0.25) is 9.67 Å². The number of halogens is 1. The van der Waals surface area contributed by atoms with Gasteiger partial charge in [-0.1, -0.05) is 6.07 Å². The lowest BCUT2D eigenvalue weighted by atomic mass is 10.3. The summed E-state index contributed by atoms with van der Waals surface area (Å²) in [5, 5.41) is 9.64. The van der Waals surface area contributed by atoms with Crippen molar-refractivity contribution in [1.29, 1.82) is 0 Å². The molecule has 2 aromatic rings. The van der Waals surface area contributed by atoms with Crippen molar-refractivity contribution in [3.05, 3.63) is 40.3 Å². The van der Waals surface area contributed by atoms with Crippen LogP contribution in [0.25, 0.3) is 0 Å². The summed E-state index contributed by atoms with van der Waals surface area (Å²) in [6.07, 6.45) is 2.85. The van der Waals surface area contributed by atoms with E-state index in [-0.39, 0.29) is 24.0 Å². The van der Waals surface area contributed by atoms with Gasteiger partial charge in [0.1, 0.15) is 0 Å². The van der Waals surface area contributed by atoms with Gasteiger partial charge in [-0.15, -0.1) is 35.3 Å². The van der Waals surface area contributed by atoms with Crippen LogP contribution in [0.2, 0.25) is 0 Å². The van der Waals surface area contributed by atoms with Crippen molar-refractivity contribution in [2.45, 2.75) is 13.0 Å². The van der Waals surface area contributed by atoms with Crippen LogP contribution in [0.4, 0.5) is 0 Å². The molecule has 5 nitrogen and oxygen atoms in total. The molecule has 0 aromatic carbocycles. The van der Waals surface area contributed by atoms with Crippen molar-refractivity contribution in [3.63, 3.8) is 0 Å². The third-order valence-electron chi connectivity index (χ3n) is 3.20. The second-order valence-electron chi connectivity index (χ2n) is 4.60. The van der Waals surface area contributed by atoms with Gasteiger partial charge in [0.05, 0.1) is 12.2 Å². The molecule has 2 rings (SSSR count). The van der Waals surface area contributed by atoms with Gasteiger partial charge in [-0.2, -0.15) is 5.10 Å². The summed E-state index contributed by atoms with van der Waals surface area (Å²) in [4.78, 5) is 7.87. The van der Waals surface area contributed by atoms with E-state index in [0.29, 0.717) is 0 Å². The summed E-state index contributed by atoms with van der Waals surface area (Å²) in [6.45, 7) is 1.68. The Kier molecular flexibility index (Phi) is 7.73. The van der Waals surface area contributed by atoms with E-state index in [1.807, 2.05) is 24.8 Å². The van der Waals surface area contributed by atoms with Crippen molar-refractivity contribution < 1.29 is 0 Å². The van der Waals surface area contributed by atoms with Crippen molar-refractivity contribution >= 4 is 41.3 Å². The topological polar surface area (TPSA) is 45.5 Å². The van der Waals surface area contributed by atoms with Crippen molar-refractivity contribution in [2.24, 2.45) is 12.0 Å². The molecule has 0 radical (unpaired) electrons. The van der Waals surface area contributed by atoms with Gasteiger partial charge in [0.25, 0.3) is 0 Å². The molecule has 2 heterocycles. The third-order valence-corrected chi connectivity index (χ3v) is 4.13. The van der Waals surface area contributed by atoms with E-state index in [1.165, 1.54) is 4.88 Å². The van der Waals surface area contributed by atoms with E-state index in [0.717, 1.165) is 31.2 Å². The molecule has 0 amide bonds.